The van der Waals surface area contributed by atoms with Crippen molar-refractivity contribution in [3.05, 3.63) is 65.2 Å². The molecule has 0 aliphatic rings. The summed E-state index contributed by atoms with van der Waals surface area (Å²) in [6.45, 7) is 3.73. The van der Waals surface area contributed by atoms with E-state index >= 15 is 0 Å². The van der Waals surface area contributed by atoms with E-state index in [1.54, 1.807) is 0 Å². The van der Waals surface area contributed by atoms with Gasteiger partial charge in [0.1, 0.15) is 5.75 Å². The van der Waals surface area contributed by atoms with Crippen LogP contribution in [-0.2, 0) is 16.0 Å². The molecule has 0 fully saturated rings. The molecule has 0 aliphatic carbocycles. The third-order valence-electron chi connectivity index (χ3n) is 3.47. The molecule has 0 heterocycles. The van der Waals surface area contributed by atoms with Crippen LogP contribution in [0, 0.1) is 13.8 Å². The number of ether oxygens (including phenoxy) is 1. The van der Waals surface area contributed by atoms with Crippen molar-refractivity contribution in [2.75, 3.05) is 6.61 Å². The molecule has 0 saturated carbocycles. The van der Waals surface area contributed by atoms with E-state index in [1.807, 2.05) is 62.4 Å². The molecule has 26 heavy (non-hydrogen) atoms. The van der Waals surface area contributed by atoms with Gasteiger partial charge in [0.05, 0.1) is 6.42 Å². The number of aryl methyl sites for hydroxylation is 2. The first-order valence-corrected chi connectivity index (χ1v) is 8.47. The molecular formula is C19H21N3O3S. The van der Waals surface area contributed by atoms with Crippen molar-refractivity contribution in [1.29, 1.82) is 0 Å². The number of hydrazine groups is 1. The maximum Gasteiger partial charge on any atom is 0.276 e. The van der Waals surface area contributed by atoms with Crippen molar-refractivity contribution in [1.82, 2.24) is 16.2 Å². The van der Waals surface area contributed by atoms with Crippen LogP contribution >= 0.6 is 12.2 Å². The quantitative estimate of drug-likeness (QED) is 0.553. The van der Waals surface area contributed by atoms with E-state index in [9.17, 15) is 9.59 Å². The highest BCUT2D eigenvalue weighted by atomic mass is 32.1. The van der Waals surface area contributed by atoms with Crippen molar-refractivity contribution >= 4 is 29.1 Å². The van der Waals surface area contributed by atoms with Gasteiger partial charge in [-0.1, -0.05) is 48.0 Å². The molecule has 0 unspecified atom stereocenters. The van der Waals surface area contributed by atoms with Crippen LogP contribution in [0.4, 0.5) is 0 Å². The third-order valence-corrected chi connectivity index (χ3v) is 3.67. The molecule has 136 valence electrons. The molecule has 0 bridgehead atoms. The number of amides is 2. The number of hydrogen-bond donors (Lipinski definition) is 3. The summed E-state index contributed by atoms with van der Waals surface area (Å²) in [6.07, 6.45) is 0.201. The molecular weight excluding hydrogens is 350 g/mol. The van der Waals surface area contributed by atoms with Gasteiger partial charge in [0, 0.05) is 0 Å². The topological polar surface area (TPSA) is 79.5 Å². The second-order valence-corrected chi connectivity index (χ2v) is 6.18. The number of thiocarbonyl (C=S) groups is 1. The minimum absolute atomic E-state index is 0.0193. The van der Waals surface area contributed by atoms with Gasteiger partial charge in [0.25, 0.3) is 5.91 Å². The molecule has 7 heteroatoms. The zero-order valence-corrected chi connectivity index (χ0v) is 15.5. The minimum atomic E-state index is -0.412. The predicted molar refractivity (Wildman–Crippen MR) is 104 cm³/mol. The van der Waals surface area contributed by atoms with Crippen molar-refractivity contribution in [2.45, 2.75) is 20.3 Å². The lowest BCUT2D eigenvalue weighted by Gasteiger charge is -2.12. The number of rotatable bonds is 5. The van der Waals surface area contributed by atoms with E-state index in [0.717, 1.165) is 16.7 Å². The Morgan fingerprint density at radius 3 is 2.42 bits per heavy atom. The van der Waals surface area contributed by atoms with Gasteiger partial charge in [-0.05, 0) is 43.3 Å². The number of carbonyl (C=O) groups excluding carboxylic acids is 2. The summed E-state index contributed by atoms with van der Waals surface area (Å²) in [5.41, 5.74) is 7.81. The van der Waals surface area contributed by atoms with Gasteiger partial charge in [0.15, 0.2) is 11.7 Å². The van der Waals surface area contributed by atoms with Gasteiger partial charge >= 0.3 is 0 Å². The summed E-state index contributed by atoms with van der Waals surface area (Å²) in [6, 6.07) is 15.0. The Hall–Kier alpha value is -2.93. The molecule has 0 aromatic heterocycles. The average Bonchev–Trinajstić information content (AvgIpc) is 2.60. The van der Waals surface area contributed by atoms with Crippen LogP contribution in [0.1, 0.15) is 16.7 Å². The van der Waals surface area contributed by atoms with Crippen molar-refractivity contribution in [3.63, 3.8) is 0 Å². The zero-order valence-electron chi connectivity index (χ0n) is 14.7. The molecule has 0 saturated heterocycles. The number of nitrogens with one attached hydrogen (secondary N) is 3. The highest BCUT2D eigenvalue weighted by Crippen LogP contribution is 2.18. The van der Waals surface area contributed by atoms with Crippen LogP contribution in [-0.4, -0.2) is 23.5 Å². The van der Waals surface area contributed by atoms with Crippen LogP contribution in [0.2, 0.25) is 0 Å². The van der Waals surface area contributed by atoms with Gasteiger partial charge in [-0.2, -0.15) is 0 Å². The van der Waals surface area contributed by atoms with Gasteiger partial charge < -0.3 is 10.1 Å². The molecule has 6 nitrogen and oxygen atoms in total. The van der Waals surface area contributed by atoms with E-state index in [4.69, 9.17) is 17.0 Å². The Kier molecular flexibility index (Phi) is 7.11. The Morgan fingerprint density at radius 1 is 1.00 bits per heavy atom. The summed E-state index contributed by atoms with van der Waals surface area (Å²) in [5, 5.41) is 2.52. The fourth-order valence-electron chi connectivity index (χ4n) is 2.25. The number of hydrogen-bond acceptors (Lipinski definition) is 4. The Balaban J connectivity index is 1.69. The van der Waals surface area contributed by atoms with Crippen LogP contribution in [0.15, 0.2) is 48.5 Å². The summed E-state index contributed by atoms with van der Waals surface area (Å²) < 4.78 is 5.46. The van der Waals surface area contributed by atoms with Crippen LogP contribution in [0.5, 0.6) is 5.75 Å². The molecule has 0 aliphatic heterocycles. The third kappa shape index (κ3) is 6.52. The van der Waals surface area contributed by atoms with Gasteiger partial charge in [-0.15, -0.1) is 0 Å². The average molecular weight is 371 g/mol. The lowest BCUT2D eigenvalue weighted by atomic mass is 10.1. The normalized spacial score (nSPS) is 9.92. The molecule has 0 radical (unpaired) electrons. The summed E-state index contributed by atoms with van der Waals surface area (Å²) in [4.78, 5) is 23.7. The van der Waals surface area contributed by atoms with E-state index in [2.05, 4.69) is 16.2 Å². The molecule has 3 N–H and O–H groups in total. The first kappa shape index (κ1) is 19.4. The van der Waals surface area contributed by atoms with Crippen molar-refractivity contribution in [3.8, 4) is 5.75 Å². The summed E-state index contributed by atoms with van der Waals surface area (Å²) in [5.74, 6) is -0.0383. The molecule has 2 amide bonds. The van der Waals surface area contributed by atoms with Gasteiger partial charge in [0.2, 0.25) is 5.91 Å². The summed E-state index contributed by atoms with van der Waals surface area (Å²) in [7, 11) is 0. The maximum atomic E-state index is 11.9. The zero-order chi connectivity index (χ0) is 18.9. The first-order chi connectivity index (χ1) is 12.4. The van der Waals surface area contributed by atoms with Gasteiger partial charge in [-0.3, -0.25) is 20.4 Å². The molecule has 2 rings (SSSR count). The molecule has 2 aromatic rings. The van der Waals surface area contributed by atoms with E-state index in [1.165, 1.54) is 0 Å². The largest absolute Gasteiger partial charge is 0.483 e. The fraction of sp³-hybridized carbons (Fsp3) is 0.211. The second kappa shape index (κ2) is 9.53. The predicted octanol–water partition coefficient (Wildman–Crippen LogP) is 1.95. The standard InChI is InChI=1S/C19H21N3O3S/c1-13-8-9-16(14(2)10-13)25-12-18(24)21-22-19(26)20-17(23)11-15-6-4-3-5-7-15/h3-10H,11-12H2,1-2H3,(H,21,24)(H2,20,22,23,26). The number of benzene rings is 2. The second-order valence-electron chi connectivity index (χ2n) is 5.77. The fourth-order valence-corrected chi connectivity index (χ4v) is 2.42. The molecule has 0 atom stereocenters. The van der Waals surface area contributed by atoms with Crippen LogP contribution < -0.4 is 20.9 Å². The first-order valence-electron chi connectivity index (χ1n) is 8.06. The highest BCUT2D eigenvalue weighted by molar-refractivity contribution is 7.80. The number of carbonyl (C=O) groups is 2. The van der Waals surface area contributed by atoms with Crippen LogP contribution in [0.25, 0.3) is 0 Å². The molecule has 0 spiro atoms. The highest BCUT2D eigenvalue weighted by Gasteiger charge is 2.08. The lowest BCUT2D eigenvalue weighted by molar-refractivity contribution is -0.124. The molecule has 2 aromatic carbocycles. The van der Waals surface area contributed by atoms with E-state index in [0.29, 0.717) is 5.75 Å². The maximum absolute atomic E-state index is 11.9. The van der Waals surface area contributed by atoms with Crippen molar-refractivity contribution in [2.24, 2.45) is 0 Å². The monoisotopic (exact) mass is 371 g/mol. The lowest BCUT2D eigenvalue weighted by Crippen LogP contribution is -2.49. The minimum Gasteiger partial charge on any atom is -0.483 e. The van der Waals surface area contributed by atoms with E-state index < -0.39 is 5.91 Å². The summed E-state index contributed by atoms with van der Waals surface area (Å²) >= 11 is 4.98. The van der Waals surface area contributed by atoms with Crippen molar-refractivity contribution < 1.29 is 14.3 Å². The smallest absolute Gasteiger partial charge is 0.276 e. The SMILES string of the molecule is Cc1ccc(OCC(=O)NNC(=S)NC(=O)Cc2ccccc2)c(C)c1. The Bertz CT molecular complexity index is 794. The van der Waals surface area contributed by atoms with Crippen LogP contribution in [0.3, 0.4) is 0 Å². The van der Waals surface area contributed by atoms with E-state index in [-0.39, 0.29) is 24.0 Å². The Morgan fingerprint density at radius 2 is 1.73 bits per heavy atom. The Labute approximate surface area is 157 Å². The van der Waals surface area contributed by atoms with Gasteiger partial charge in [-0.25, -0.2) is 0 Å².